The molecule has 0 aliphatic rings. The van der Waals surface area contributed by atoms with Crippen molar-refractivity contribution in [2.24, 2.45) is 7.05 Å². The fourth-order valence-corrected chi connectivity index (χ4v) is 1.65. The maximum absolute atomic E-state index is 11.6. The van der Waals surface area contributed by atoms with Crippen molar-refractivity contribution >= 4 is 17.5 Å². The van der Waals surface area contributed by atoms with E-state index in [9.17, 15) is 4.79 Å². The second kappa shape index (κ2) is 5.05. The molecule has 2 rings (SSSR count). The minimum Gasteiger partial charge on any atom is -0.452 e. The van der Waals surface area contributed by atoms with Gasteiger partial charge in [0.05, 0.1) is 17.5 Å². The Kier molecular flexibility index (Phi) is 3.49. The van der Waals surface area contributed by atoms with Crippen molar-refractivity contribution in [2.75, 3.05) is 6.54 Å². The Hall–Kier alpha value is -1.75. The third-order valence-electron chi connectivity index (χ3n) is 2.30. The van der Waals surface area contributed by atoms with Crippen molar-refractivity contribution in [3.8, 4) is 0 Å². The van der Waals surface area contributed by atoms with Gasteiger partial charge in [-0.25, -0.2) is 0 Å². The van der Waals surface area contributed by atoms with E-state index >= 15 is 0 Å². The van der Waals surface area contributed by atoms with E-state index in [1.54, 1.807) is 10.7 Å². The van der Waals surface area contributed by atoms with Gasteiger partial charge < -0.3 is 9.73 Å². The molecule has 0 saturated carbocycles. The number of aryl methyl sites for hydroxylation is 1. The molecule has 90 valence electrons. The van der Waals surface area contributed by atoms with E-state index < -0.39 is 0 Å². The Labute approximate surface area is 103 Å². The summed E-state index contributed by atoms with van der Waals surface area (Å²) >= 11 is 5.69. The van der Waals surface area contributed by atoms with Crippen LogP contribution in [0.25, 0.3) is 0 Å². The van der Waals surface area contributed by atoms with E-state index in [-0.39, 0.29) is 11.1 Å². The average molecular weight is 254 g/mol. The van der Waals surface area contributed by atoms with Crippen molar-refractivity contribution in [3.63, 3.8) is 0 Å². The zero-order chi connectivity index (χ0) is 12.3. The van der Waals surface area contributed by atoms with Gasteiger partial charge in [0.1, 0.15) is 0 Å². The number of rotatable bonds is 4. The third-order valence-corrected chi connectivity index (χ3v) is 2.59. The number of amides is 1. The molecule has 2 heterocycles. The lowest BCUT2D eigenvalue weighted by atomic mass is 10.3. The molecule has 2 aromatic rings. The number of aromatic nitrogens is 2. The smallest absolute Gasteiger partial charge is 0.256 e. The lowest BCUT2D eigenvalue weighted by Crippen LogP contribution is -2.25. The molecule has 0 bridgehead atoms. The lowest BCUT2D eigenvalue weighted by Gasteiger charge is -2.01. The van der Waals surface area contributed by atoms with Crippen molar-refractivity contribution in [2.45, 2.75) is 6.42 Å². The maximum atomic E-state index is 11.6. The summed E-state index contributed by atoms with van der Waals surface area (Å²) in [4.78, 5) is 11.6. The summed E-state index contributed by atoms with van der Waals surface area (Å²) in [6.45, 7) is 0.511. The third kappa shape index (κ3) is 2.88. The van der Waals surface area contributed by atoms with Crippen molar-refractivity contribution in [1.29, 1.82) is 0 Å². The molecule has 0 atom stereocenters. The number of hydrogen-bond donors (Lipinski definition) is 1. The number of halogens is 1. The molecule has 0 unspecified atom stereocenters. The van der Waals surface area contributed by atoms with E-state index in [0.29, 0.717) is 18.5 Å². The first-order chi connectivity index (χ1) is 8.16. The predicted octanol–water partition coefficient (Wildman–Crippen LogP) is 1.64. The largest absolute Gasteiger partial charge is 0.452 e. The monoisotopic (exact) mass is 253 g/mol. The number of furan rings is 1. The number of nitrogens with one attached hydrogen (secondary N) is 1. The van der Waals surface area contributed by atoms with E-state index in [1.807, 2.05) is 19.3 Å². The lowest BCUT2D eigenvalue weighted by molar-refractivity contribution is 0.0953. The zero-order valence-corrected chi connectivity index (χ0v) is 10.1. The highest BCUT2D eigenvalue weighted by atomic mass is 35.5. The van der Waals surface area contributed by atoms with Crippen LogP contribution in [-0.2, 0) is 13.5 Å². The van der Waals surface area contributed by atoms with Crippen LogP contribution in [0, 0.1) is 0 Å². The maximum Gasteiger partial charge on any atom is 0.256 e. The number of carbonyl (C=O) groups excluding carboxylic acids is 1. The van der Waals surface area contributed by atoms with Gasteiger partial charge in [-0.05, 0) is 23.7 Å². The van der Waals surface area contributed by atoms with Crippen LogP contribution in [0.1, 0.15) is 16.1 Å². The van der Waals surface area contributed by atoms with E-state index in [2.05, 4.69) is 10.4 Å². The predicted molar refractivity (Wildman–Crippen MR) is 63.0 cm³/mol. The number of carbonyl (C=O) groups is 1. The molecule has 1 amide bonds. The SMILES string of the molecule is Cn1ccc(CCNC(=O)c2ccoc2Cl)n1. The van der Waals surface area contributed by atoms with Gasteiger partial charge in [-0.15, -0.1) is 0 Å². The van der Waals surface area contributed by atoms with Gasteiger partial charge in [-0.3, -0.25) is 9.48 Å². The summed E-state index contributed by atoms with van der Waals surface area (Å²) in [7, 11) is 1.85. The van der Waals surface area contributed by atoms with Crippen LogP contribution in [-0.4, -0.2) is 22.2 Å². The van der Waals surface area contributed by atoms with Gasteiger partial charge in [0.2, 0.25) is 5.22 Å². The molecule has 6 heteroatoms. The van der Waals surface area contributed by atoms with Crippen molar-refractivity contribution < 1.29 is 9.21 Å². The topological polar surface area (TPSA) is 60.1 Å². The summed E-state index contributed by atoms with van der Waals surface area (Å²) in [5.41, 5.74) is 1.29. The summed E-state index contributed by atoms with van der Waals surface area (Å²) in [6, 6.07) is 3.45. The number of nitrogens with zero attached hydrogens (tertiary/aromatic N) is 2. The molecule has 5 nitrogen and oxygen atoms in total. The van der Waals surface area contributed by atoms with Gasteiger partial charge in [0.15, 0.2) is 0 Å². The highest BCUT2D eigenvalue weighted by Gasteiger charge is 2.12. The second-order valence-electron chi connectivity index (χ2n) is 3.59. The van der Waals surface area contributed by atoms with Gasteiger partial charge in [0.25, 0.3) is 5.91 Å². The first-order valence-corrected chi connectivity index (χ1v) is 5.54. The fourth-order valence-electron chi connectivity index (χ4n) is 1.45. The quantitative estimate of drug-likeness (QED) is 0.901. The van der Waals surface area contributed by atoms with Crippen LogP contribution in [0.2, 0.25) is 5.22 Å². The minimum atomic E-state index is -0.236. The highest BCUT2D eigenvalue weighted by Crippen LogP contribution is 2.15. The average Bonchev–Trinajstić information content (AvgIpc) is 2.87. The molecule has 0 spiro atoms. The Balaban J connectivity index is 1.83. The summed E-state index contributed by atoms with van der Waals surface area (Å²) < 4.78 is 6.57. The first kappa shape index (κ1) is 11.7. The normalized spacial score (nSPS) is 10.5. The Morgan fingerprint density at radius 3 is 3.00 bits per heavy atom. The molecule has 0 aliphatic carbocycles. The molecular weight excluding hydrogens is 242 g/mol. The van der Waals surface area contributed by atoms with E-state index in [4.69, 9.17) is 16.0 Å². The fraction of sp³-hybridized carbons (Fsp3) is 0.273. The number of hydrogen-bond acceptors (Lipinski definition) is 3. The standard InChI is InChI=1S/C11H12ClN3O2/c1-15-6-3-8(14-15)2-5-13-11(16)9-4-7-17-10(9)12/h3-4,6-7H,2,5H2,1H3,(H,13,16). The Morgan fingerprint density at radius 2 is 2.41 bits per heavy atom. The molecule has 0 aromatic carbocycles. The van der Waals surface area contributed by atoms with Gasteiger partial charge in [0, 0.05) is 26.2 Å². The van der Waals surface area contributed by atoms with Crippen LogP contribution < -0.4 is 5.32 Å². The van der Waals surface area contributed by atoms with E-state index in [1.165, 1.54) is 6.26 Å². The summed E-state index contributed by atoms with van der Waals surface area (Å²) in [6.07, 6.45) is 3.93. The zero-order valence-electron chi connectivity index (χ0n) is 9.31. The molecule has 0 radical (unpaired) electrons. The van der Waals surface area contributed by atoms with Crippen molar-refractivity contribution in [3.05, 3.63) is 41.1 Å². The first-order valence-electron chi connectivity index (χ1n) is 5.16. The summed E-state index contributed by atoms with van der Waals surface area (Å²) in [5, 5.41) is 7.07. The van der Waals surface area contributed by atoms with Gasteiger partial charge >= 0.3 is 0 Å². The van der Waals surface area contributed by atoms with Crippen LogP contribution in [0.15, 0.2) is 29.0 Å². The molecule has 0 fully saturated rings. The van der Waals surface area contributed by atoms with Crippen LogP contribution in [0.5, 0.6) is 0 Å². The highest BCUT2D eigenvalue weighted by molar-refractivity contribution is 6.32. The Morgan fingerprint density at radius 1 is 1.59 bits per heavy atom. The summed E-state index contributed by atoms with van der Waals surface area (Å²) in [5.74, 6) is -0.236. The molecule has 1 N–H and O–H groups in total. The molecular formula is C11H12ClN3O2. The van der Waals surface area contributed by atoms with Crippen LogP contribution >= 0.6 is 11.6 Å². The molecule has 17 heavy (non-hydrogen) atoms. The second-order valence-corrected chi connectivity index (χ2v) is 3.94. The molecule has 0 aliphatic heterocycles. The minimum absolute atomic E-state index is 0.111. The molecule has 0 saturated heterocycles. The van der Waals surface area contributed by atoms with Crippen molar-refractivity contribution in [1.82, 2.24) is 15.1 Å². The van der Waals surface area contributed by atoms with Crippen LogP contribution in [0.3, 0.4) is 0 Å². The van der Waals surface area contributed by atoms with Gasteiger partial charge in [-0.2, -0.15) is 5.10 Å². The molecule has 2 aromatic heterocycles. The Bertz CT molecular complexity index is 518. The van der Waals surface area contributed by atoms with E-state index in [0.717, 1.165) is 5.69 Å². The van der Waals surface area contributed by atoms with Gasteiger partial charge in [-0.1, -0.05) is 0 Å². The van der Waals surface area contributed by atoms with Crippen LogP contribution in [0.4, 0.5) is 0 Å².